The maximum Gasteiger partial charge on any atom is 0.277 e. The minimum Gasteiger partial charge on any atom is -0.446 e. The van der Waals surface area contributed by atoms with Crippen LogP contribution in [-0.2, 0) is 6.42 Å². The number of hydrogen-bond acceptors (Lipinski definition) is 4. The summed E-state index contributed by atoms with van der Waals surface area (Å²) in [6.07, 6.45) is 5.16. The van der Waals surface area contributed by atoms with E-state index in [0.717, 1.165) is 31.4 Å². The molecule has 1 atom stereocenters. The number of benzene rings is 1. The number of amides is 1. The van der Waals surface area contributed by atoms with E-state index in [0.29, 0.717) is 5.89 Å². The standard InChI is InChI=1S/C17H23N3O2/c1-3-5-9-14(18)17-20-15(11-22-17)16(21)19-13-8-6-7-12(4-2)10-13/h6-8,10-11,14H,3-5,9,18H2,1-2H3,(H,19,21). The van der Waals surface area contributed by atoms with Gasteiger partial charge in [-0.25, -0.2) is 4.98 Å². The van der Waals surface area contributed by atoms with Gasteiger partial charge >= 0.3 is 0 Å². The Morgan fingerprint density at radius 2 is 2.23 bits per heavy atom. The maximum atomic E-state index is 12.2. The number of carbonyl (C=O) groups is 1. The number of aryl methyl sites for hydroxylation is 1. The summed E-state index contributed by atoms with van der Waals surface area (Å²) >= 11 is 0. The number of oxazole rings is 1. The van der Waals surface area contributed by atoms with Crippen molar-refractivity contribution < 1.29 is 9.21 Å². The minimum atomic E-state index is -0.286. The van der Waals surface area contributed by atoms with E-state index >= 15 is 0 Å². The average molecular weight is 301 g/mol. The summed E-state index contributed by atoms with van der Waals surface area (Å²) in [5, 5.41) is 2.83. The molecule has 0 spiro atoms. The van der Waals surface area contributed by atoms with E-state index in [1.807, 2.05) is 24.3 Å². The van der Waals surface area contributed by atoms with E-state index in [1.165, 1.54) is 11.8 Å². The van der Waals surface area contributed by atoms with Crippen molar-refractivity contribution in [1.82, 2.24) is 4.98 Å². The Kier molecular flexibility index (Phi) is 5.72. The molecule has 5 heteroatoms. The number of nitrogens with two attached hydrogens (primary N) is 1. The monoisotopic (exact) mass is 301 g/mol. The van der Waals surface area contributed by atoms with Gasteiger partial charge in [-0.3, -0.25) is 4.79 Å². The number of anilines is 1. The molecule has 2 rings (SSSR count). The van der Waals surface area contributed by atoms with Gasteiger partial charge in [0.1, 0.15) is 6.26 Å². The zero-order valence-electron chi connectivity index (χ0n) is 13.1. The zero-order valence-corrected chi connectivity index (χ0v) is 13.1. The fraction of sp³-hybridized carbons (Fsp3) is 0.412. The van der Waals surface area contributed by atoms with Crippen molar-refractivity contribution >= 4 is 11.6 Å². The van der Waals surface area contributed by atoms with Crippen LogP contribution in [0.5, 0.6) is 0 Å². The predicted molar refractivity (Wildman–Crippen MR) is 86.7 cm³/mol. The summed E-state index contributed by atoms with van der Waals surface area (Å²) < 4.78 is 5.33. The van der Waals surface area contributed by atoms with Crippen LogP contribution in [0.15, 0.2) is 34.9 Å². The lowest BCUT2D eigenvalue weighted by Gasteiger charge is -2.05. The Balaban J connectivity index is 2.02. The van der Waals surface area contributed by atoms with E-state index in [9.17, 15) is 4.79 Å². The molecule has 5 nitrogen and oxygen atoms in total. The molecule has 0 bridgehead atoms. The Bertz CT molecular complexity index is 622. The first-order valence-corrected chi connectivity index (χ1v) is 7.75. The topological polar surface area (TPSA) is 81.1 Å². The van der Waals surface area contributed by atoms with E-state index in [4.69, 9.17) is 10.2 Å². The quantitative estimate of drug-likeness (QED) is 0.817. The molecular weight excluding hydrogens is 278 g/mol. The maximum absolute atomic E-state index is 12.2. The number of unbranched alkanes of at least 4 members (excludes halogenated alkanes) is 1. The van der Waals surface area contributed by atoms with Gasteiger partial charge in [-0.15, -0.1) is 0 Å². The average Bonchev–Trinajstić information content (AvgIpc) is 3.03. The largest absolute Gasteiger partial charge is 0.446 e. The highest BCUT2D eigenvalue weighted by atomic mass is 16.3. The van der Waals surface area contributed by atoms with Crippen LogP contribution in [0.2, 0.25) is 0 Å². The fourth-order valence-corrected chi connectivity index (χ4v) is 2.17. The minimum absolute atomic E-state index is 0.254. The van der Waals surface area contributed by atoms with Gasteiger partial charge in [0.15, 0.2) is 5.69 Å². The Hall–Kier alpha value is -2.14. The molecule has 0 fully saturated rings. The van der Waals surface area contributed by atoms with Crippen molar-refractivity contribution in [1.29, 1.82) is 0 Å². The molecule has 2 aromatic rings. The molecule has 1 amide bonds. The van der Waals surface area contributed by atoms with Crippen molar-refractivity contribution in [2.24, 2.45) is 5.73 Å². The summed E-state index contributed by atoms with van der Waals surface area (Å²) in [5.74, 6) is 0.131. The molecule has 1 heterocycles. The van der Waals surface area contributed by atoms with Crippen LogP contribution < -0.4 is 11.1 Å². The molecule has 1 unspecified atom stereocenters. The lowest BCUT2D eigenvalue weighted by Crippen LogP contribution is -2.14. The second-order valence-corrected chi connectivity index (χ2v) is 5.33. The molecule has 0 aliphatic rings. The molecule has 1 aromatic heterocycles. The lowest BCUT2D eigenvalue weighted by molar-refractivity contribution is 0.102. The fourth-order valence-electron chi connectivity index (χ4n) is 2.17. The van der Waals surface area contributed by atoms with Crippen LogP contribution >= 0.6 is 0 Å². The van der Waals surface area contributed by atoms with E-state index in [1.54, 1.807) is 0 Å². The van der Waals surface area contributed by atoms with Gasteiger partial charge in [0.25, 0.3) is 5.91 Å². The number of rotatable bonds is 7. The number of aromatic nitrogens is 1. The van der Waals surface area contributed by atoms with Crippen molar-refractivity contribution in [2.45, 2.75) is 45.6 Å². The van der Waals surface area contributed by atoms with Gasteiger partial charge in [-0.05, 0) is 30.5 Å². The first-order valence-electron chi connectivity index (χ1n) is 7.75. The zero-order chi connectivity index (χ0) is 15.9. The Morgan fingerprint density at radius 3 is 2.95 bits per heavy atom. The summed E-state index contributed by atoms with van der Waals surface area (Å²) in [5.41, 5.74) is 8.17. The third kappa shape index (κ3) is 4.18. The lowest BCUT2D eigenvalue weighted by atomic mass is 10.1. The molecule has 1 aromatic carbocycles. The second kappa shape index (κ2) is 7.75. The number of nitrogens with zero attached hydrogens (tertiary/aromatic N) is 1. The van der Waals surface area contributed by atoms with Crippen LogP contribution in [0.1, 0.15) is 61.1 Å². The number of hydrogen-bond donors (Lipinski definition) is 2. The molecule has 0 saturated heterocycles. The van der Waals surface area contributed by atoms with Gasteiger partial charge in [0.2, 0.25) is 5.89 Å². The normalized spacial score (nSPS) is 12.1. The predicted octanol–water partition coefficient (Wildman–Crippen LogP) is 3.68. The first kappa shape index (κ1) is 16.2. The molecule has 22 heavy (non-hydrogen) atoms. The second-order valence-electron chi connectivity index (χ2n) is 5.33. The third-order valence-corrected chi connectivity index (χ3v) is 3.53. The van der Waals surface area contributed by atoms with Gasteiger partial charge < -0.3 is 15.5 Å². The smallest absolute Gasteiger partial charge is 0.277 e. The van der Waals surface area contributed by atoms with E-state index in [-0.39, 0.29) is 17.6 Å². The molecule has 3 N–H and O–H groups in total. The van der Waals surface area contributed by atoms with Gasteiger partial charge in [0.05, 0.1) is 6.04 Å². The van der Waals surface area contributed by atoms with Crippen LogP contribution in [0.4, 0.5) is 5.69 Å². The highest BCUT2D eigenvalue weighted by molar-refractivity contribution is 6.02. The highest BCUT2D eigenvalue weighted by Crippen LogP contribution is 2.17. The van der Waals surface area contributed by atoms with Crippen molar-refractivity contribution in [3.63, 3.8) is 0 Å². The SMILES string of the molecule is CCCCC(N)c1nc(C(=O)Nc2cccc(CC)c2)co1. The van der Waals surface area contributed by atoms with Gasteiger partial charge in [-0.2, -0.15) is 0 Å². The molecule has 0 saturated carbocycles. The highest BCUT2D eigenvalue weighted by Gasteiger charge is 2.16. The number of carbonyl (C=O) groups excluding carboxylic acids is 1. The van der Waals surface area contributed by atoms with Crippen molar-refractivity contribution in [2.75, 3.05) is 5.32 Å². The van der Waals surface area contributed by atoms with E-state index in [2.05, 4.69) is 24.1 Å². The molecular formula is C17H23N3O2. The van der Waals surface area contributed by atoms with Crippen LogP contribution in [0.25, 0.3) is 0 Å². The summed E-state index contributed by atoms with van der Waals surface area (Å²) in [6, 6.07) is 7.49. The molecule has 0 radical (unpaired) electrons. The Morgan fingerprint density at radius 1 is 1.41 bits per heavy atom. The summed E-state index contributed by atoms with van der Waals surface area (Å²) in [7, 11) is 0. The van der Waals surface area contributed by atoms with Gasteiger partial charge in [-0.1, -0.05) is 38.8 Å². The van der Waals surface area contributed by atoms with E-state index < -0.39 is 0 Å². The van der Waals surface area contributed by atoms with Crippen molar-refractivity contribution in [3.05, 3.63) is 47.7 Å². The van der Waals surface area contributed by atoms with Crippen LogP contribution in [0, 0.1) is 0 Å². The molecule has 118 valence electrons. The first-order chi connectivity index (χ1) is 10.6. The third-order valence-electron chi connectivity index (χ3n) is 3.53. The van der Waals surface area contributed by atoms with Crippen LogP contribution in [-0.4, -0.2) is 10.9 Å². The Labute approximate surface area is 130 Å². The summed E-state index contributed by atoms with van der Waals surface area (Å²) in [6.45, 7) is 4.17. The molecule has 0 aliphatic carbocycles. The van der Waals surface area contributed by atoms with Gasteiger partial charge in [0, 0.05) is 5.69 Å². The molecule has 0 aliphatic heterocycles. The summed E-state index contributed by atoms with van der Waals surface area (Å²) in [4.78, 5) is 16.4. The van der Waals surface area contributed by atoms with Crippen LogP contribution in [0.3, 0.4) is 0 Å². The van der Waals surface area contributed by atoms with Crippen molar-refractivity contribution in [3.8, 4) is 0 Å². The number of nitrogens with one attached hydrogen (secondary N) is 1.